The Labute approximate surface area is 148 Å². The normalized spacial score (nSPS) is 17.0. The molecular weight excluding hydrogens is 340 g/mol. The van der Waals surface area contributed by atoms with Gasteiger partial charge in [-0.2, -0.15) is 0 Å². The zero-order valence-corrected chi connectivity index (χ0v) is 14.2. The van der Waals surface area contributed by atoms with Crippen molar-refractivity contribution in [2.24, 2.45) is 0 Å². The number of anilines is 1. The van der Waals surface area contributed by atoms with Gasteiger partial charge in [0.25, 0.3) is 11.1 Å². The molecule has 1 heterocycles. The summed E-state index contributed by atoms with van der Waals surface area (Å²) in [6, 6.07) is 13.8. The first kappa shape index (κ1) is 17.0. The Morgan fingerprint density at radius 2 is 1.96 bits per heavy atom. The molecule has 128 valence electrons. The molecule has 1 atom stereocenters. The maximum atomic E-state index is 12.5. The Hall–Kier alpha value is -2.80. The first-order valence-corrected chi connectivity index (χ1v) is 8.49. The van der Waals surface area contributed by atoms with E-state index in [-0.39, 0.29) is 23.3 Å². The minimum absolute atomic E-state index is 0.0534. The van der Waals surface area contributed by atoms with Crippen molar-refractivity contribution in [2.75, 3.05) is 5.32 Å². The molecule has 2 N–H and O–H groups in total. The van der Waals surface area contributed by atoms with Crippen LogP contribution in [0.15, 0.2) is 48.5 Å². The number of rotatable bonds is 5. The first-order valence-electron chi connectivity index (χ1n) is 7.61. The summed E-state index contributed by atoms with van der Waals surface area (Å²) in [5, 5.41) is 11.1. The zero-order valence-electron chi connectivity index (χ0n) is 13.4. The molecule has 1 fully saturated rings. The lowest BCUT2D eigenvalue weighted by Gasteiger charge is -2.15. The van der Waals surface area contributed by atoms with E-state index >= 15 is 0 Å². The Morgan fingerprint density at radius 1 is 1.20 bits per heavy atom. The molecule has 25 heavy (non-hydrogen) atoms. The Balaban J connectivity index is 1.73. The zero-order chi connectivity index (χ0) is 18.0. The predicted octanol–water partition coefficient (Wildman–Crippen LogP) is 3.33. The minimum Gasteiger partial charge on any atom is -0.478 e. The lowest BCUT2D eigenvalue weighted by molar-refractivity contribution is -0.126. The number of aromatic carboxylic acids is 1. The van der Waals surface area contributed by atoms with Crippen LogP contribution in [0.5, 0.6) is 0 Å². The quantitative estimate of drug-likeness (QED) is 0.855. The van der Waals surface area contributed by atoms with Crippen molar-refractivity contribution in [3.63, 3.8) is 0 Å². The number of imide groups is 1. The molecule has 0 unspecified atom stereocenters. The lowest BCUT2D eigenvalue weighted by Crippen LogP contribution is -2.34. The molecule has 6 nitrogen and oxygen atoms in total. The second-order valence-corrected chi connectivity index (χ2v) is 6.76. The van der Waals surface area contributed by atoms with Crippen LogP contribution >= 0.6 is 11.8 Å². The number of aryl methyl sites for hydroxylation is 1. The van der Waals surface area contributed by atoms with Crippen LogP contribution in [-0.2, 0) is 11.3 Å². The van der Waals surface area contributed by atoms with E-state index in [1.54, 1.807) is 12.1 Å². The smallest absolute Gasteiger partial charge is 0.335 e. The summed E-state index contributed by atoms with van der Waals surface area (Å²) in [7, 11) is 0. The Kier molecular flexibility index (Phi) is 4.76. The molecule has 0 bridgehead atoms. The molecule has 1 aliphatic rings. The fraction of sp³-hybridized carbons (Fsp3) is 0.167. The van der Waals surface area contributed by atoms with Gasteiger partial charge in [-0.3, -0.25) is 14.5 Å². The van der Waals surface area contributed by atoms with Gasteiger partial charge in [-0.1, -0.05) is 24.3 Å². The van der Waals surface area contributed by atoms with Gasteiger partial charge in [-0.05, 0) is 54.1 Å². The highest BCUT2D eigenvalue weighted by molar-refractivity contribution is 8.15. The molecule has 0 aromatic heterocycles. The summed E-state index contributed by atoms with van der Waals surface area (Å²) >= 11 is 0.922. The van der Waals surface area contributed by atoms with Crippen molar-refractivity contribution in [3.8, 4) is 0 Å². The highest BCUT2D eigenvalue weighted by Crippen LogP contribution is 2.29. The highest BCUT2D eigenvalue weighted by atomic mass is 32.2. The van der Waals surface area contributed by atoms with Gasteiger partial charge in [0.05, 0.1) is 12.1 Å². The van der Waals surface area contributed by atoms with Gasteiger partial charge in [0.15, 0.2) is 5.37 Å². The van der Waals surface area contributed by atoms with Crippen LogP contribution in [0.25, 0.3) is 0 Å². The average molecular weight is 356 g/mol. The lowest BCUT2D eigenvalue weighted by atomic mass is 10.1. The summed E-state index contributed by atoms with van der Waals surface area (Å²) in [5.41, 5.74) is 2.54. The van der Waals surface area contributed by atoms with E-state index in [9.17, 15) is 14.4 Å². The third-order valence-electron chi connectivity index (χ3n) is 3.76. The molecule has 0 spiro atoms. The number of thioether (sulfide) groups is 1. The van der Waals surface area contributed by atoms with Crippen molar-refractivity contribution in [1.82, 2.24) is 4.90 Å². The summed E-state index contributed by atoms with van der Waals surface area (Å²) in [6.45, 7) is 2.00. The highest BCUT2D eigenvalue weighted by Gasteiger charge is 2.39. The Morgan fingerprint density at radius 3 is 2.68 bits per heavy atom. The monoisotopic (exact) mass is 356 g/mol. The molecule has 7 heteroatoms. The number of benzene rings is 2. The molecule has 2 amide bonds. The maximum Gasteiger partial charge on any atom is 0.335 e. The number of hydrogen-bond donors (Lipinski definition) is 2. The van der Waals surface area contributed by atoms with Crippen LogP contribution in [-0.4, -0.2) is 32.5 Å². The van der Waals surface area contributed by atoms with Gasteiger partial charge in [-0.15, -0.1) is 0 Å². The van der Waals surface area contributed by atoms with Crippen molar-refractivity contribution in [1.29, 1.82) is 0 Å². The van der Waals surface area contributed by atoms with Gasteiger partial charge in [0.2, 0.25) is 0 Å². The van der Waals surface area contributed by atoms with Crippen molar-refractivity contribution < 1.29 is 19.5 Å². The van der Waals surface area contributed by atoms with Gasteiger partial charge in [0, 0.05) is 5.69 Å². The van der Waals surface area contributed by atoms with Crippen LogP contribution in [0.2, 0.25) is 0 Å². The molecule has 1 saturated heterocycles. The van der Waals surface area contributed by atoms with E-state index in [2.05, 4.69) is 5.32 Å². The van der Waals surface area contributed by atoms with Crippen LogP contribution < -0.4 is 5.32 Å². The molecule has 2 aromatic carbocycles. The summed E-state index contributed by atoms with van der Waals surface area (Å²) in [4.78, 5) is 36.9. The molecule has 1 aliphatic heterocycles. The molecule has 0 aliphatic carbocycles. The van der Waals surface area contributed by atoms with Crippen molar-refractivity contribution >= 4 is 34.6 Å². The third kappa shape index (κ3) is 3.83. The predicted molar refractivity (Wildman–Crippen MR) is 95.5 cm³/mol. The van der Waals surface area contributed by atoms with Crippen LogP contribution in [0.1, 0.15) is 21.5 Å². The summed E-state index contributed by atoms with van der Waals surface area (Å²) in [6.07, 6.45) is 0. The fourth-order valence-corrected chi connectivity index (χ4v) is 3.46. The first-order chi connectivity index (χ1) is 11.9. The summed E-state index contributed by atoms with van der Waals surface area (Å²) in [5.74, 6) is -1.38. The largest absolute Gasteiger partial charge is 0.478 e. The number of nitrogens with one attached hydrogen (secondary N) is 1. The standard InChI is InChI=1S/C18H16N2O4S/c1-11-4-2-7-14(8-11)19-15-16(21)20(18(24)25-15)10-12-5-3-6-13(9-12)17(22)23/h2-9,15,19H,10H2,1H3,(H,22,23)/t15-/m0/s1. The second-order valence-electron chi connectivity index (χ2n) is 5.71. The SMILES string of the molecule is Cc1cccc(N[C@H]2SC(=O)N(Cc3cccc(C(=O)O)c3)C2=O)c1. The molecule has 3 rings (SSSR count). The molecule has 0 saturated carbocycles. The fourth-order valence-electron chi connectivity index (χ4n) is 2.55. The van der Waals surface area contributed by atoms with E-state index in [1.165, 1.54) is 12.1 Å². The maximum absolute atomic E-state index is 12.5. The van der Waals surface area contributed by atoms with Gasteiger partial charge >= 0.3 is 5.97 Å². The van der Waals surface area contributed by atoms with E-state index in [1.807, 2.05) is 31.2 Å². The number of carboxylic acid groups (broad SMARTS) is 1. The van der Waals surface area contributed by atoms with E-state index in [0.29, 0.717) is 5.56 Å². The van der Waals surface area contributed by atoms with Gasteiger partial charge in [-0.25, -0.2) is 4.79 Å². The van der Waals surface area contributed by atoms with E-state index < -0.39 is 11.3 Å². The molecular formula is C18H16N2O4S. The van der Waals surface area contributed by atoms with E-state index in [0.717, 1.165) is 27.9 Å². The number of carbonyl (C=O) groups excluding carboxylic acids is 2. The second kappa shape index (κ2) is 6.98. The number of hydrogen-bond acceptors (Lipinski definition) is 5. The average Bonchev–Trinajstić information content (AvgIpc) is 2.83. The van der Waals surface area contributed by atoms with Crippen molar-refractivity contribution in [2.45, 2.75) is 18.8 Å². The van der Waals surface area contributed by atoms with Crippen LogP contribution in [0, 0.1) is 6.92 Å². The number of amides is 2. The van der Waals surface area contributed by atoms with Gasteiger partial charge < -0.3 is 10.4 Å². The molecule has 2 aromatic rings. The van der Waals surface area contributed by atoms with Crippen molar-refractivity contribution in [3.05, 3.63) is 65.2 Å². The topological polar surface area (TPSA) is 86.7 Å². The minimum atomic E-state index is -1.05. The Bertz CT molecular complexity index is 852. The number of carbonyl (C=O) groups is 3. The third-order valence-corrected chi connectivity index (χ3v) is 4.74. The van der Waals surface area contributed by atoms with Crippen LogP contribution in [0.4, 0.5) is 10.5 Å². The molecule has 0 radical (unpaired) electrons. The summed E-state index contributed by atoms with van der Waals surface area (Å²) < 4.78 is 0. The number of carboxylic acids is 1. The number of nitrogens with zero attached hydrogens (tertiary/aromatic N) is 1. The van der Waals surface area contributed by atoms with E-state index in [4.69, 9.17) is 5.11 Å². The van der Waals surface area contributed by atoms with Crippen LogP contribution in [0.3, 0.4) is 0 Å². The van der Waals surface area contributed by atoms with Gasteiger partial charge in [0.1, 0.15) is 0 Å².